The Morgan fingerprint density at radius 3 is 2.70 bits per heavy atom. The predicted molar refractivity (Wildman–Crippen MR) is 115 cm³/mol. The second-order valence-electron chi connectivity index (χ2n) is 7.54. The van der Waals surface area contributed by atoms with Gasteiger partial charge in [-0.15, -0.1) is 10.2 Å². The summed E-state index contributed by atoms with van der Waals surface area (Å²) in [6.45, 7) is 6.76. The average molecular weight is 392 g/mol. The Morgan fingerprint density at radius 1 is 1.04 bits per heavy atom. The molecule has 0 aliphatic carbocycles. The standard InChI is InChI=1S/C22H21N3S2/c1-22(2,3)18-11-17-8-5-9-23-20(17)19(12-18)16-7-4-6-15(10-16)13-26-21-25-24-14-27-21/h4-12,14H,13H2,1-3H3. The molecular weight excluding hydrogens is 370 g/mol. The van der Waals surface area contributed by atoms with Crippen molar-refractivity contribution >= 4 is 34.0 Å². The number of aromatic nitrogens is 3. The van der Waals surface area contributed by atoms with Gasteiger partial charge in [-0.3, -0.25) is 4.98 Å². The Morgan fingerprint density at radius 2 is 1.93 bits per heavy atom. The van der Waals surface area contributed by atoms with Crippen molar-refractivity contribution in [2.24, 2.45) is 0 Å². The molecule has 0 bridgehead atoms. The van der Waals surface area contributed by atoms with Gasteiger partial charge in [-0.25, -0.2) is 0 Å². The van der Waals surface area contributed by atoms with Crippen LogP contribution in [0.3, 0.4) is 0 Å². The zero-order chi connectivity index (χ0) is 18.9. The van der Waals surface area contributed by atoms with Crippen molar-refractivity contribution in [3.63, 3.8) is 0 Å². The van der Waals surface area contributed by atoms with Crippen LogP contribution in [0.5, 0.6) is 0 Å². The van der Waals surface area contributed by atoms with Crippen molar-refractivity contribution in [2.45, 2.75) is 36.3 Å². The van der Waals surface area contributed by atoms with Crippen LogP contribution in [-0.4, -0.2) is 15.2 Å². The lowest BCUT2D eigenvalue weighted by atomic mass is 9.84. The number of benzene rings is 2. The number of nitrogens with zero attached hydrogens (tertiary/aromatic N) is 3. The molecule has 0 atom stereocenters. The molecule has 0 spiro atoms. The molecule has 2 aromatic heterocycles. The largest absolute Gasteiger partial charge is 0.256 e. The van der Waals surface area contributed by atoms with Crippen LogP contribution >= 0.6 is 23.1 Å². The second kappa shape index (κ2) is 7.41. The lowest BCUT2D eigenvalue weighted by Gasteiger charge is -2.21. The van der Waals surface area contributed by atoms with Gasteiger partial charge in [0.15, 0.2) is 4.34 Å². The van der Waals surface area contributed by atoms with Gasteiger partial charge in [0.05, 0.1) is 5.52 Å². The van der Waals surface area contributed by atoms with Gasteiger partial charge in [-0.1, -0.05) is 74.2 Å². The van der Waals surface area contributed by atoms with Crippen molar-refractivity contribution in [3.8, 4) is 11.1 Å². The summed E-state index contributed by atoms with van der Waals surface area (Å²) in [7, 11) is 0. The van der Waals surface area contributed by atoms with Gasteiger partial charge in [0.2, 0.25) is 0 Å². The van der Waals surface area contributed by atoms with Crippen LogP contribution in [0, 0.1) is 0 Å². The van der Waals surface area contributed by atoms with E-state index in [2.05, 4.69) is 78.4 Å². The SMILES string of the molecule is CC(C)(C)c1cc(-c2cccc(CSc3nncs3)c2)c2ncccc2c1. The van der Waals surface area contributed by atoms with Crippen molar-refractivity contribution in [3.05, 3.63) is 71.4 Å². The molecule has 0 saturated carbocycles. The fraction of sp³-hybridized carbons (Fsp3) is 0.227. The van der Waals surface area contributed by atoms with Gasteiger partial charge in [0.25, 0.3) is 0 Å². The fourth-order valence-electron chi connectivity index (χ4n) is 3.04. The third kappa shape index (κ3) is 4.04. The lowest BCUT2D eigenvalue weighted by Crippen LogP contribution is -2.11. The lowest BCUT2D eigenvalue weighted by molar-refractivity contribution is 0.591. The highest BCUT2D eigenvalue weighted by molar-refractivity contribution is 8.00. The van der Waals surface area contributed by atoms with Crippen LogP contribution in [0.2, 0.25) is 0 Å². The van der Waals surface area contributed by atoms with Crippen LogP contribution in [0.25, 0.3) is 22.0 Å². The molecule has 4 aromatic rings. The predicted octanol–water partition coefficient (Wildman–Crippen LogP) is 6.34. The topological polar surface area (TPSA) is 38.7 Å². The maximum atomic E-state index is 4.68. The summed E-state index contributed by atoms with van der Waals surface area (Å²) in [5.41, 5.74) is 7.92. The normalized spacial score (nSPS) is 11.8. The minimum atomic E-state index is 0.0874. The van der Waals surface area contributed by atoms with E-state index in [1.54, 1.807) is 28.6 Å². The third-order valence-corrected chi connectivity index (χ3v) is 6.44. The number of fused-ring (bicyclic) bond motifs is 1. The second-order valence-corrected chi connectivity index (χ2v) is 9.60. The van der Waals surface area contributed by atoms with Gasteiger partial charge in [-0.05, 0) is 40.3 Å². The summed E-state index contributed by atoms with van der Waals surface area (Å²) in [6, 6.07) is 17.5. The van der Waals surface area contributed by atoms with Crippen LogP contribution in [0.1, 0.15) is 31.9 Å². The number of pyridine rings is 1. The quantitative estimate of drug-likeness (QED) is 0.380. The zero-order valence-corrected chi connectivity index (χ0v) is 17.3. The Balaban J connectivity index is 1.76. The van der Waals surface area contributed by atoms with E-state index >= 15 is 0 Å². The van der Waals surface area contributed by atoms with Crippen LogP contribution in [0.15, 0.2) is 64.6 Å². The summed E-state index contributed by atoms with van der Waals surface area (Å²) >= 11 is 3.30. The van der Waals surface area contributed by atoms with Gasteiger partial charge < -0.3 is 0 Å². The molecule has 0 radical (unpaired) electrons. The first-order valence-electron chi connectivity index (χ1n) is 8.88. The Hall–Kier alpha value is -2.24. The molecule has 3 nitrogen and oxygen atoms in total. The molecule has 2 aromatic carbocycles. The van der Waals surface area contributed by atoms with Gasteiger partial charge in [-0.2, -0.15) is 0 Å². The molecular formula is C22H21N3S2. The first-order valence-corrected chi connectivity index (χ1v) is 10.7. The summed E-state index contributed by atoms with van der Waals surface area (Å²) in [4.78, 5) is 4.68. The van der Waals surface area contributed by atoms with Crippen LogP contribution < -0.4 is 0 Å². The molecule has 0 saturated heterocycles. The fourth-order valence-corrected chi connectivity index (χ4v) is 4.48. The van der Waals surface area contributed by atoms with E-state index in [4.69, 9.17) is 0 Å². The minimum Gasteiger partial charge on any atom is -0.256 e. The number of thioether (sulfide) groups is 1. The summed E-state index contributed by atoms with van der Waals surface area (Å²) < 4.78 is 1.00. The van der Waals surface area contributed by atoms with Crippen molar-refractivity contribution in [2.75, 3.05) is 0 Å². The molecule has 0 unspecified atom stereocenters. The summed E-state index contributed by atoms with van der Waals surface area (Å²) in [5, 5.41) is 9.21. The summed E-state index contributed by atoms with van der Waals surface area (Å²) in [6.07, 6.45) is 1.87. The van der Waals surface area contributed by atoms with E-state index in [0.29, 0.717) is 0 Å². The Bertz CT molecular complexity index is 1070. The van der Waals surface area contributed by atoms with E-state index in [9.17, 15) is 0 Å². The first kappa shape index (κ1) is 18.1. The van der Waals surface area contributed by atoms with E-state index in [0.717, 1.165) is 15.6 Å². The van der Waals surface area contributed by atoms with Crippen molar-refractivity contribution in [1.82, 2.24) is 15.2 Å². The van der Waals surface area contributed by atoms with Gasteiger partial charge in [0, 0.05) is 22.9 Å². The summed E-state index contributed by atoms with van der Waals surface area (Å²) in [5.74, 6) is 0.882. The average Bonchev–Trinajstić information content (AvgIpc) is 3.18. The molecule has 136 valence electrons. The number of rotatable bonds is 4. The number of hydrogen-bond acceptors (Lipinski definition) is 5. The van der Waals surface area contributed by atoms with Crippen LogP contribution in [-0.2, 0) is 11.2 Å². The highest BCUT2D eigenvalue weighted by atomic mass is 32.2. The highest BCUT2D eigenvalue weighted by Gasteiger charge is 2.17. The monoisotopic (exact) mass is 391 g/mol. The van der Waals surface area contributed by atoms with E-state index in [-0.39, 0.29) is 5.41 Å². The highest BCUT2D eigenvalue weighted by Crippen LogP contribution is 2.34. The smallest absolute Gasteiger partial charge is 0.174 e. The maximum Gasteiger partial charge on any atom is 0.174 e. The molecule has 5 heteroatoms. The van der Waals surface area contributed by atoms with Crippen molar-refractivity contribution < 1.29 is 0 Å². The third-order valence-electron chi connectivity index (χ3n) is 4.51. The Kier molecular flexibility index (Phi) is 4.98. The van der Waals surface area contributed by atoms with Crippen LogP contribution in [0.4, 0.5) is 0 Å². The number of hydrogen-bond donors (Lipinski definition) is 0. The van der Waals surface area contributed by atoms with Gasteiger partial charge in [0.1, 0.15) is 5.51 Å². The first-order chi connectivity index (χ1) is 13.0. The molecule has 0 amide bonds. The van der Waals surface area contributed by atoms with E-state index in [1.165, 1.54) is 27.6 Å². The molecule has 0 aliphatic heterocycles. The van der Waals surface area contributed by atoms with E-state index < -0.39 is 0 Å². The maximum absolute atomic E-state index is 4.68. The molecule has 2 heterocycles. The van der Waals surface area contributed by atoms with Gasteiger partial charge >= 0.3 is 0 Å². The molecule has 4 rings (SSSR count). The molecule has 27 heavy (non-hydrogen) atoms. The molecule has 0 fully saturated rings. The molecule has 0 aliphatic rings. The minimum absolute atomic E-state index is 0.0874. The Labute approximate surface area is 167 Å². The van der Waals surface area contributed by atoms with Crippen molar-refractivity contribution in [1.29, 1.82) is 0 Å². The van der Waals surface area contributed by atoms with E-state index in [1.807, 2.05) is 12.3 Å². The zero-order valence-electron chi connectivity index (χ0n) is 15.6. The molecule has 0 N–H and O–H groups in total.